The van der Waals surface area contributed by atoms with Crippen molar-refractivity contribution in [1.29, 1.82) is 0 Å². The molecule has 0 radical (unpaired) electrons. The minimum absolute atomic E-state index is 0.301. The Balaban J connectivity index is 2.02. The molecule has 1 amide bonds. The molecule has 2 rings (SSSR count). The normalized spacial score (nSPS) is 11.5. The van der Waals surface area contributed by atoms with Crippen LogP contribution in [0.25, 0.3) is 0 Å². The predicted molar refractivity (Wildman–Crippen MR) is 92.3 cm³/mol. The van der Waals surface area contributed by atoms with E-state index in [4.69, 9.17) is 9.47 Å². The largest absolute Gasteiger partial charge is 0.493 e. The first-order valence-electron chi connectivity index (χ1n) is 7.81. The Morgan fingerprint density at radius 3 is 2.58 bits per heavy atom. The summed E-state index contributed by atoms with van der Waals surface area (Å²) in [5.74, 6) is -0.537. The van der Waals surface area contributed by atoms with Crippen molar-refractivity contribution in [3.63, 3.8) is 0 Å². The third kappa shape index (κ3) is 4.59. The average molecular weight is 327 g/mol. The van der Waals surface area contributed by atoms with Gasteiger partial charge in [-0.05, 0) is 50.6 Å². The summed E-state index contributed by atoms with van der Waals surface area (Å²) < 4.78 is 10.7. The summed E-state index contributed by atoms with van der Waals surface area (Å²) in [5.41, 5.74) is 2.00. The van der Waals surface area contributed by atoms with E-state index < -0.39 is 12.1 Å². The highest BCUT2D eigenvalue weighted by Gasteiger charge is 2.21. The van der Waals surface area contributed by atoms with Gasteiger partial charge < -0.3 is 14.8 Å². The molecule has 1 atom stereocenters. The van der Waals surface area contributed by atoms with Crippen molar-refractivity contribution in [2.24, 2.45) is 0 Å². The van der Waals surface area contributed by atoms with Crippen molar-refractivity contribution in [3.05, 3.63) is 59.7 Å². The zero-order chi connectivity index (χ0) is 17.5. The Morgan fingerprint density at radius 1 is 1.12 bits per heavy atom. The molecular weight excluding hydrogens is 306 g/mol. The van der Waals surface area contributed by atoms with Gasteiger partial charge in [0.05, 0.1) is 6.61 Å². The highest BCUT2D eigenvalue weighted by molar-refractivity contribution is 5.98. The Labute approximate surface area is 141 Å². The molecule has 1 N–H and O–H groups in total. The van der Waals surface area contributed by atoms with Gasteiger partial charge in [-0.3, -0.25) is 4.79 Å². The quantitative estimate of drug-likeness (QED) is 0.824. The van der Waals surface area contributed by atoms with Crippen LogP contribution in [0.1, 0.15) is 29.8 Å². The second-order valence-corrected chi connectivity index (χ2v) is 5.34. The lowest BCUT2D eigenvalue weighted by atomic mass is 10.2. The van der Waals surface area contributed by atoms with Crippen molar-refractivity contribution in [2.75, 3.05) is 11.9 Å². The molecule has 0 saturated heterocycles. The summed E-state index contributed by atoms with van der Waals surface area (Å²) >= 11 is 0. The Bertz CT molecular complexity index is 727. The number of nitrogens with one attached hydrogen (secondary N) is 1. The van der Waals surface area contributed by atoms with Gasteiger partial charge in [-0.2, -0.15) is 0 Å². The van der Waals surface area contributed by atoms with Gasteiger partial charge in [0.2, 0.25) is 0 Å². The molecule has 5 nitrogen and oxygen atoms in total. The number of ether oxygens (including phenoxy) is 2. The average Bonchev–Trinajstić information content (AvgIpc) is 2.55. The number of hydrogen-bond acceptors (Lipinski definition) is 4. The highest BCUT2D eigenvalue weighted by atomic mass is 16.5. The maximum Gasteiger partial charge on any atom is 0.342 e. The van der Waals surface area contributed by atoms with E-state index in [1.54, 1.807) is 30.3 Å². The summed E-state index contributed by atoms with van der Waals surface area (Å²) in [5, 5.41) is 2.73. The molecule has 126 valence electrons. The van der Waals surface area contributed by atoms with Gasteiger partial charge in [-0.15, -0.1) is 0 Å². The fourth-order valence-electron chi connectivity index (χ4n) is 2.16. The van der Waals surface area contributed by atoms with Gasteiger partial charge in [-0.25, -0.2) is 4.79 Å². The van der Waals surface area contributed by atoms with Gasteiger partial charge in [0, 0.05) is 5.69 Å². The van der Waals surface area contributed by atoms with Gasteiger partial charge in [0.15, 0.2) is 6.10 Å². The number of amides is 1. The molecule has 0 aliphatic heterocycles. The standard InChI is InChI=1S/C19H21NO4/c1-4-23-17-11-6-5-10-16(17)19(22)24-14(3)18(21)20-15-9-7-8-13(2)12-15/h5-12,14H,4H2,1-3H3,(H,20,21)/t14-/m1/s1. The van der Waals surface area contributed by atoms with Crippen molar-refractivity contribution < 1.29 is 19.1 Å². The molecule has 0 spiro atoms. The van der Waals surface area contributed by atoms with Crippen LogP contribution in [0.4, 0.5) is 5.69 Å². The minimum Gasteiger partial charge on any atom is -0.493 e. The first kappa shape index (κ1) is 17.5. The molecule has 0 aromatic heterocycles. The Hall–Kier alpha value is -2.82. The van der Waals surface area contributed by atoms with E-state index in [9.17, 15) is 9.59 Å². The smallest absolute Gasteiger partial charge is 0.342 e. The number of rotatable bonds is 6. The minimum atomic E-state index is -0.923. The number of aryl methyl sites for hydroxylation is 1. The van der Waals surface area contributed by atoms with Crippen LogP contribution in [0.3, 0.4) is 0 Å². The summed E-state index contributed by atoms with van der Waals surface area (Å²) in [7, 11) is 0. The molecule has 0 saturated carbocycles. The van der Waals surface area contributed by atoms with Gasteiger partial charge in [0.25, 0.3) is 5.91 Å². The number of esters is 1. The Morgan fingerprint density at radius 2 is 1.88 bits per heavy atom. The van der Waals surface area contributed by atoms with Crippen LogP contribution >= 0.6 is 0 Å². The zero-order valence-corrected chi connectivity index (χ0v) is 14.0. The second kappa shape index (κ2) is 8.15. The van der Waals surface area contributed by atoms with Crippen LogP contribution in [-0.2, 0) is 9.53 Å². The first-order valence-corrected chi connectivity index (χ1v) is 7.81. The summed E-state index contributed by atoms with van der Waals surface area (Å²) in [6, 6.07) is 14.2. The molecule has 5 heteroatoms. The molecule has 0 aliphatic rings. The Kier molecular flexibility index (Phi) is 5.95. The monoisotopic (exact) mass is 327 g/mol. The summed E-state index contributed by atoms with van der Waals surface area (Å²) in [6.07, 6.45) is -0.923. The number of carbonyl (C=O) groups is 2. The molecule has 0 bridgehead atoms. The van der Waals surface area contributed by atoms with Crippen LogP contribution in [0, 0.1) is 6.92 Å². The van der Waals surface area contributed by atoms with E-state index in [2.05, 4.69) is 5.32 Å². The molecular formula is C19H21NO4. The number of benzene rings is 2. The van der Waals surface area contributed by atoms with Crippen molar-refractivity contribution in [2.45, 2.75) is 26.9 Å². The lowest BCUT2D eigenvalue weighted by Crippen LogP contribution is -2.30. The molecule has 24 heavy (non-hydrogen) atoms. The predicted octanol–water partition coefficient (Wildman–Crippen LogP) is 3.58. The summed E-state index contributed by atoms with van der Waals surface area (Å²) in [6.45, 7) is 5.74. The van der Waals surface area contributed by atoms with E-state index in [1.807, 2.05) is 32.0 Å². The topological polar surface area (TPSA) is 64.6 Å². The number of para-hydroxylation sites is 1. The van der Waals surface area contributed by atoms with E-state index in [-0.39, 0.29) is 5.91 Å². The van der Waals surface area contributed by atoms with Crippen molar-refractivity contribution >= 4 is 17.6 Å². The van der Waals surface area contributed by atoms with Crippen molar-refractivity contribution in [1.82, 2.24) is 0 Å². The molecule has 2 aromatic carbocycles. The van der Waals surface area contributed by atoms with E-state index in [0.29, 0.717) is 23.6 Å². The molecule has 0 fully saturated rings. The highest BCUT2D eigenvalue weighted by Crippen LogP contribution is 2.20. The third-order valence-electron chi connectivity index (χ3n) is 3.35. The van der Waals surface area contributed by atoms with Gasteiger partial charge in [-0.1, -0.05) is 24.3 Å². The number of anilines is 1. The fourth-order valence-corrected chi connectivity index (χ4v) is 2.16. The van der Waals surface area contributed by atoms with Crippen LogP contribution in [0.15, 0.2) is 48.5 Å². The lowest BCUT2D eigenvalue weighted by molar-refractivity contribution is -0.123. The maximum absolute atomic E-state index is 12.3. The van der Waals surface area contributed by atoms with Gasteiger partial charge in [0.1, 0.15) is 11.3 Å². The SMILES string of the molecule is CCOc1ccccc1C(=O)O[C@H](C)C(=O)Nc1cccc(C)c1. The number of carbonyl (C=O) groups excluding carboxylic acids is 2. The third-order valence-corrected chi connectivity index (χ3v) is 3.35. The van der Waals surface area contributed by atoms with Crippen molar-refractivity contribution in [3.8, 4) is 5.75 Å². The number of hydrogen-bond donors (Lipinski definition) is 1. The fraction of sp³-hybridized carbons (Fsp3) is 0.263. The molecule has 0 aliphatic carbocycles. The van der Waals surface area contributed by atoms with Crippen LogP contribution in [0.2, 0.25) is 0 Å². The molecule has 0 unspecified atom stereocenters. The van der Waals surface area contributed by atoms with Crippen LogP contribution < -0.4 is 10.1 Å². The van der Waals surface area contributed by atoms with E-state index in [1.165, 1.54) is 6.92 Å². The molecule has 2 aromatic rings. The van der Waals surface area contributed by atoms with Crippen LogP contribution in [-0.4, -0.2) is 24.6 Å². The van der Waals surface area contributed by atoms with Gasteiger partial charge >= 0.3 is 5.97 Å². The lowest BCUT2D eigenvalue weighted by Gasteiger charge is -2.15. The van der Waals surface area contributed by atoms with E-state index >= 15 is 0 Å². The first-order chi connectivity index (χ1) is 11.5. The molecule has 0 heterocycles. The van der Waals surface area contributed by atoms with Crippen LogP contribution in [0.5, 0.6) is 5.75 Å². The zero-order valence-electron chi connectivity index (χ0n) is 14.0. The van der Waals surface area contributed by atoms with E-state index in [0.717, 1.165) is 5.56 Å². The second-order valence-electron chi connectivity index (χ2n) is 5.34. The maximum atomic E-state index is 12.3. The summed E-state index contributed by atoms with van der Waals surface area (Å²) in [4.78, 5) is 24.5.